The van der Waals surface area contributed by atoms with Gasteiger partial charge in [0.2, 0.25) is 5.91 Å². The molecular formula is C13H11N3OS. The molecule has 2 rings (SSSR count). The lowest BCUT2D eigenvalue weighted by Crippen LogP contribution is -2.24. The molecule has 0 aliphatic carbocycles. The second kappa shape index (κ2) is 5.94. The number of nitrogens with one attached hydrogen (secondary N) is 1. The van der Waals surface area contributed by atoms with Gasteiger partial charge in [0.15, 0.2) is 0 Å². The van der Waals surface area contributed by atoms with E-state index in [0.717, 1.165) is 10.6 Å². The van der Waals surface area contributed by atoms with Gasteiger partial charge in [-0.15, -0.1) is 11.3 Å². The molecule has 0 radical (unpaired) electrons. The van der Waals surface area contributed by atoms with E-state index in [9.17, 15) is 4.79 Å². The van der Waals surface area contributed by atoms with E-state index in [4.69, 9.17) is 5.26 Å². The Morgan fingerprint density at radius 3 is 2.78 bits per heavy atom. The third-order valence-electron chi connectivity index (χ3n) is 2.37. The zero-order chi connectivity index (χ0) is 12.8. The fraction of sp³-hybridized carbons (Fsp3) is 0.154. The molecule has 0 bridgehead atoms. The van der Waals surface area contributed by atoms with E-state index in [1.807, 2.05) is 11.4 Å². The summed E-state index contributed by atoms with van der Waals surface area (Å²) in [4.78, 5) is 15.7. The molecule has 5 heteroatoms. The summed E-state index contributed by atoms with van der Waals surface area (Å²) in [5.41, 5.74) is 1.49. The highest BCUT2D eigenvalue weighted by Crippen LogP contribution is 2.05. The summed E-state index contributed by atoms with van der Waals surface area (Å²) in [6.45, 7) is 0.465. The molecule has 0 saturated carbocycles. The highest BCUT2D eigenvalue weighted by atomic mass is 32.1. The standard InChI is InChI=1S/C13H11N3OS/c14-8-11-3-1-10(2-4-11)7-12(17)16-9-13-15-5-6-18-13/h1-6H,7,9H2,(H,16,17). The Labute approximate surface area is 109 Å². The van der Waals surface area contributed by atoms with E-state index < -0.39 is 0 Å². The summed E-state index contributed by atoms with van der Waals surface area (Å²) in [6.07, 6.45) is 2.03. The van der Waals surface area contributed by atoms with Crippen LogP contribution in [0.3, 0.4) is 0 Å². The molecule has 0 saturated heterocycles. The first-order valence-corrected chi connectivity index (χ1v) is 6.30. The quantitative estimate of drug-likeness (QED) is 0.909. The lowest BCUT2D eigenvalue weighted by molar-refractivity contribution is -0.120. The fourth-order valence-electron chi connectivity index (χ4n) is 1.46. The third kappa shape index (κ3) is 3.40. The Kier molecular flexibility index (Phi) is 4.05. The van der Waals surface area contributed by atoms with Gasteiger partial charge >= 0.3 is 0 Å². The van der Waals surface area contributed by atoms with Gasteiger partial charge in [-0.05, 0) is 17.7 Å². The van der Waals surface area contributed by atoms with Crippen LogP contribution >= 0.6 is 11.3 Å². The molecule has 0 spiro atoms. The molecule has 90 valence electrons. The summed E-state index contributed by atoms with van der Waals surface area (Å²) < 4.78 is 0. The van der Waals surface area contributed by atoms with E-state index >= 15 is 0 Å². The zero-order valence-corrected chi connectivity index (χ0v) is 10.4. The van der Waals surface area contributed by atoms with Crippen molar-refractivity contribution in [1.82, 2.24) is 10.3 Å². The monoisotopic (exact) mass is 257 g/mol. The van der Waals surface area contributed by atoms with E-state index in [0.29, 0.717) is 18.5 Å². The van der Waals surface area contributed by atoms with Crippen molar-refractivity contribution in [2.75, 3.05) is 0 Å². The number of carbonyl (C=O) groups is 1. The summed E-state index contributed by atoms with van der Waals surface area (Å²) in [5, 5.41) is 14.2. The number of rotatable bonds is 4. The van der Waals surface area contributed by atoms with E-state index in [-0.39, 0.29) is 5.91 Å². The molecule has 0 fully saturated rings. The lowest BCUT2D eigenvalue weighted by atomic mass is 10.1. The SMILES string of the molecule is N#Cc1ccc(CC(=O)NCc2nccs2)cc1. The summed E-state index contributed by atoms with van der Waals surface area (Å²) in [5.74, 6) is -0.0464. The third-order valence-corrected chi connectivity index (χ3v) is 3.15. The number of benzene rings is 1. The van der Waals surface area contributed by atoms with Crippen molar-refractivity contribution in [2.24, 2.45) is 0 Å². The van der Waals surface area contributed by atoms with Crippen LogP contribution in [0, 0.1) is 11.3 Å². The van der Waals surface area contributed by atoms with Crippen molar-refractivity contribution >= 4 is 17.2 Å². The average molecular weight is 257 g/mol. The van der Waals surface area contributed by atoms with Gasteiger partial charge < -0.3 is 5.32 Å². The van der Waals surface area contributed by atoms with Gasteiger partial charge in [-0.25, -0.2) is 4.98 Å². The Balaban J connectivity index is 1.85. The predicted octanol–water partition coefficient (Wildman–Crippen LogP) is 1.87. The molecule has 1 N–H and O–H groups in total. The molecule has 4 nitrogen and oxygen atoms in total. The molecule has 1 amide bonds. The number of aromatic nitrogens is 1. The Hall–Kier alpha value is -2.19. The topological polar surface area (TPSA) is 65.8 Å². The Morgan fingerprint density at radius 2 is 2.17 bits per heavy atom. The first kappa shape index (κ1) is 12.3. The fourth-order valence-corrected chi connectivity index (χ4v) is 2.02. The molecule has 18 heavy (non-hydrogen) atoms. The number of hydrogen-bond acceptors (Lipinski definition) is 4. The van der Waals surface area contributed by atoms with Gasteiger partial charge in [0.25, 0.3) is 0 Å². The van der Waals surface area contributed by atoms with Crippen LogP contribution < -0.4 is 5.32 Å². The molecule has 0 aliphatic rings. The minimum absolute atomic E-state index is 0.0464. The average Bonchev–Trinajstić information content (AvgIpc) is 2.90. The van der Waals surface area contributed by atoms with E-state index in [1.165, 1.54) is 11.3 Å². The molecule has 0 atom stereocenters. The van der Waals surface area contributed by atoms with Crippen LogP contribution in [0.1, 0.15) is 16.1 Å². The van der Waals surface area contributed by atoms with Crippen LogP contribution in [0.2, 0.25) is 0 Å². The summed E-state index contributed by atoms with van der Waals surface area (Å²) in [6, 6.07) is 9.05. The second-order valence-corrected chi connectivity index (χ2v) is 4.67. The van der Waals surface area contributed by atoms with Gasteiger partial charge in [-0.1, -0.05) is 12.1 Å². The van der Waals surface area contributed by atoms with Gasteiger partial charge in [0.1, 0.15) is 5.01 Å². The maximum atomic E-state index is 11.7. The van der Waals surface area contributed by atoms with Gasteiger partial charge in [0.05, 0.1) is 24.6 Å². The van der Waals surface area contributed by atoms with Crippen molar-refractivity contribution in [1.29, 1.82) is 5.26 Å². The minimum Gasteiger partial charge on any atom is -0.349 e. The van der Waals surface area contributed by atoms with Crippen LogP contribution in [0.4, 0.5) is 0 Å². The van der Waals surface area contributed by atoms with Crippen LogP contribution in [0.15, 0.2) is 35.8 Å². The molecule has 1 aromatic carbocycles. The summed E-state index contributed by atoms with van der Waals surface area (Å²) >= 11 is 1.51. The first-order valence-electron chi connectivity index (χ1n) is 5.42. The number of hydrogen-bond donors (Lipinski definition) is 1. The van der Waals surface area contributed by atoms with Crippen molar-refractivity contribution in [3.8, 4) is 6.07 Å². The van der Waals surface area contributed by atoms with Crippen molar-refractivity contribution in [2.45, 2.75) is 13.0 Å². The van der Waals surface area contributed by atoms with Crippen molar-refractivity contribution in [3.05, 3.63) is 52.0 Å². The number of nitrogens with zero attached hydrogens (tertiary/aromatic N) is 2. The molecular weight excluding hydrogens is 246 g/mol. The largest absolute Gasteiger partial charge is 0.349 e. The van der Waals surface area contributed by atoms with E-state index in [1.54, 1.807) is 30.5 Å². The lowest BCUT2D eigenvalue weighted by Gasteiger charge is -2.03. The van der Waals surface area contributed by atoms with E-state index in [2.05, 4.69) is 10.3 Å². The zero-order valence-electron chi connectivity index (χ0n) is 9.59. The van der Waals surface area contributed by atoms with Crippen molar-refractivity contribution < 1.29 is 4.79 Å². The smallest absolute Gasteiger partial charge is 0.224 e. The number of nitriles is 1. The highest BCUT2D eigenvalue weighted by molar-refractivity contribution is 7.09. The molecule has 0 aliphatic heterocycles. The van der Waals surface area contributed by atoms with Crippen LogP contribution in [-0.2, 0) is 17.8 Å². The van der Waals surface area contributed by atoms with Crippen LogP contribution in [0.5, 0.6) is 0 Å². The minimum atomic E-state index is -0.0464. The molecule has 1 aromatic heterocycles. The van der Waals surface area contributed by atoms with Gasteiger partial charge in [0, 0.05) is 11.6 Å². The second-order valence-electron chi connectivity index (χ2n) is 3.69. The maximum absolute atomic E-state index is 11.7. The number of amides is 1. The van der Waals surface area contributed by atoms with Crippen LogP contribution in [0.25, 0.3) is 0 Å². The Morgan fingerprint density at radius 1 is 1.39 bits per heavy atom. The summed E-state index contributed by atoms with van der Waals surface area (Å²) in [7, 11) is 0. The van der Waals surface area contributed by atoms with Gasteiger partial charge in [-0.2, -0.15) is 5.26 Å². The highest BCUT2D eigenvalue weighted by Gasteiger charge is 2.04. The number of thiazole rings is 1. The number of carbonyl (C=O) groups excluding carboxylic acids is 1. The van der Waals surface area contributed by atoms with Crippen LogP contribution in [-0.4, -0.2) is 10.9 Å². The van der Waals surface area contributed by atoms with Crippen molar-refractivity contribution in [3.63, 3.8) is 0 Å². The predicted molar refractivity (Wildman–Crippen MR) is 68.8 cm³/mol. The Bertz CT molecular complexity index is 555. The molecule has 1 heterocycles. The maximum Gasteiger partial charge on any atom is 0.224 e. The van der Waals surface area contributed by atoms with Gasteiger partial charge in [-0.3, -0.25) is 4.79 Å². The molecule has 0 unspecified atom stereocenters. The first-order chi connectivity index (χ1) is 8.78. The normalized spacial score (nSPS) is 9.72. The molecule has 2 aromatic rings.